The number of aromatic nitrogens is 2. The van der Waals surface area contributed by atoms with E-state index in [1.807, 2.05) is 24.8 Å². The summed E-state index contributed by atoms with van der Waals surface area (Å²) in [4.78, 5) is 22.7. The molecule has 0 radical (unpaired) electrons. The van der Waals surface area contributed by atoms with Crippen molar-refractivity contribution in [2.75, 3.05) is 13.1 Å². The number of fused-ring (bicyclic) bond motifs is 1. The van der Waals surface area contributed by atoms with E-state index in [2.05, 4.69) is 22.2 Å². The number of oxazole rings is 1. The van der Waals surface area contributed by atoms with Gasteiger partial charge < -0.3 is 14.6 Å². The van der Waals surface area contributed by atoms with Crippen LogP contribution in [-0.4, -0.2) is 45.9 Å². The van der Waals surface area contributed by atoms with Crippen LogP contribution in [0.15, 0.2) is 28.9 Å². The number of hydrogen-bond acceptors (Lipinski definition) is 6. The van der Waals surface area contributed by atoms with Crippen molar-refractivity contribution in [3.05, 3.63) is 36.1 Å². The first-order chi connectivity index (χ1) is 12.7. The zero-order valence-electron chi connectivity index (χ0n) is 15.3. The summed E-state index contributed by atoms with van der Waals surface area (Å²) in [6.07, 6.45) is 4.06. The second-order valence-electron chi connectivity index (χ2n) is 6.29. The Morgan fingerprint density at radius 2 is 2.23 bits per heavy atom. The fourth-order valence-corrected chi connectivity index (χ4v) is 3.71. The number of pyridine rings is 1. The standard InChI is InChI=1S/C17H17N5O2.C2H6/c1-10-13-3-5-22(14(13)8-20-10)17(23)16-21-9-15(24-16)11-2-4-19-12(6-11)7-18;1-2/h2,4,6,9-10,13-14,20H,3,5,8H2,1H3;1-2H3/t10-,13-,14+;/m1./s1. The number of nitriles is 1. The largest absolute Gasteiger partial charge is 0.432 e. The Balaban J connectivity index is 0.000000948. The Hall–Kier alpha value is -2.72. The van der Waals surface area contributed by atoms with Gasteiger partial charge in [-0.2, -0.15) is 5.26 Å². The second kappa shape index (κ2) is 7.67. The van der Waals surface area contributed by atoms with Crippen LogP contribution in [0.5, 0.6) is 0 Å². The predicted octanol–water partition coefficient (Wildman–Crippen LogP) is 2.46. The van der Waals surface area contributed by atoms with Crippen LogP contribution >= 0.6 is 0 Å². The number of carbonyl (C=O) groups excluding carboxylic acids is 1. The van der Waals surface area contributed by atoms with Crippen molar-refractivity contribution in [1.82, 2.24) is 20.2 Å². The van der Waals surface area contributed by atoms with Crippen LogP contribution in [0.3, 0.4) is 0 Å². The Morgan fingerprint density at radius 3 is 3.00 bits per heavy atom. The van der Waals surface area contributed by atoms with E-state index in [1.165, 1.54) is 12.4 Å². The van der Waals surface area contributed by atoms with Gasteiger partial charge in [0, 0.05) is 36.9 Å². The molecule has 0 aromatic carbocycles. The topological polar surface area (TPSA) is 95.0 Å². The van der Waals surface area contributed by atoms with Gasteiger partial charge in [-0.05, 0) is 31.4 Å². The van der Waals surface area contributed by atoms with Gasteiger partial charge in [-0.1, -0.05) is 13.8 Å². The zero-order valence-corrected chi connectivity index (χ0v) is 15.3. The number of nitrogens with zero attached hydrogens (tertiary/aromatic N) is 4. The molecule has 26 heavy (non-hydrogen) atoms. The van der Waals surface area contributed by atoms with Crippen LogP contribution in [0.25, 0.3) is 11.3 Å². The Bertz CT molecular complexity index is 825. The van der Waals surface area contributed by atoms with Crippen LogP contribution in [0.2, 0.25) is 0 Å². The third-order valence-electron chi connectivity index (χ3n) is 5.00. The van der Waals surface area contributed by atoms with Crippen LogP contribution in [-0.2, 0) is 0 Å². The molecule has 2 saturated heterocycles. The number of hydrogen-bond donors (Lipinski definition) is 1. The lowest BCUT2D eigenvalue weighted by molar-refractivity contribution is 0.0696. The normalized spacial score (nSPS) is 23.8. The summed E-state index contributed by atoms with van der Waals surface area (Å²) >= 11 is 0. The Kier molecular flexibility index (Phi) is 5.33. The lowest BCUT2D eigenvalue weighted by Crippen LogP contribution is -2.39. The van der Waals surface area contributed by atoms with Crippen molar-refractivity contribution in [2.24, 2.45) is 5.92 Å². The first-order valence-corrected chi connectivity index (χ1v) is 9.04. The van der Waals surface area contributed by atoms with Crippen molar-refractivity contribution in [3.63, 3.8) is 0 Å². The molecule has 136 valence electrons. The molecule has 7 heteroatoms. The quantitative estimate of drug-likeness (QED) is 0.891. The van der Waals surface area contributed by atoms with Gasteiger partial charge in [0.1, 0.15) is 11.8 Å². The number of amides is 1. The van der Waals surface area contributed by atoms with E-state index < -0.39 is 0 Å². The van der Waals surface area contributed by atoms with Gasteiger partial charge in [-0.25, -0.2) is 9.97 Å². The molecule has 4 rings (SSSR count). The molecule has 2 aromatic heterocycles. The lowest BCUT2D eigenvalue weighted by atomic mass is 9.98. The van der Waals surface area contributed by atoms with E-state index in [1.54, 1.807) is 12.1 Å². The van der Waals surface area contributed by atoms with Gasteiger partial charge in [0.15, 0.2) is 5.76 Å². The molecule has 2 aliphatic heterocycles. The maximum Gasteiger partial charge on any atom is 0.310 e. The maximum atomic E-state index is 12.7. The minimum absolute atomic E-state index is 0.0977. The second-order valence-corrected chi connectivity index (χ2v) is 6.29. The highest BCUT2D eigenvalue weighted by molar-refractivity contribution is 5.90. The Morgan fingerprint density at radius 1 is 1.42 bits per heavy atom. The zero-order chi connectivity index (χ0) is 18.7. The van der Waals surface area contributed by atoms with Crippen molar-refractivity contribution >= 4 is 5.91 Å². The molecule has 2 fully saturated rings. The highest BCUT2D eigenvalue weighted by Crippen LogP contribution is 2.32. The van der Waals surface area contributed by atoms with Gasteiger partial charge in [-0.3, -0.25) is 4.79 Å². The predicted molar refractivity (Wildman–Crippen MR) is 96.2 cm³/mol. The van der Waals surface area contributed by atoms with E-state index in [4.69, 9.17) is 9.68 Å². The number of rotatable bonds is 2. The fourth-order valence-electron chi connectivity index (χ4n) is 3.71. The molecule has 3 atom stereocenters. The van der Waals surface area contributed by atoms with E-state index >= 15 is 0 Å². The summed E-state index contributed by atoms with van der Waals surface area (Å²) in [5, 5.41) is 12.3. The van der Waals surface area contributed by atoms with Gasteiger partial charge in [0.05, 0.1) is 6.20 Å². The molecule has 1 N–H and O–H groups in total. The molecule has 0 bridgehead atoms. The summed E-state index contributed by atoms with van der Waals surface area (Å²) < 4.78 is 5.66. The molecular formula is C19H23N5O2. The summed E-state index contributed by atoms with van der Waals surface area (Å²) in [6.45, 7) is 7.73. The first-order valence-electron chi connectivity index (χ1n) is 9.04. The summed E-state index contributed by atoms with van der Waals surface area (Å²) in [7, 11) is 0. The minimum atomic E-state index is -0.167. The Labute approximate surface area is 153 Å². The van der Waals surface area contributed by atoms with E-state index in [0.717, 1.165) is 19.5 Å². The van der Waals surface area contributed by atoms with Crippen molar-refractivity contribution < 1.29 is 9.21 Å². The van der Waals surface area contributed by atoms with Gasteiger partial charge in [0.2, 0.25) is 0 Å². The summed E-state index contributed by atoms with van der Waals surface area (Å²) in [6, 6.07) is 5.98. The van der Waals surface area contributed by atoms with E-state index in [0.29, 0.717) is 29.0 Å². The number of carbonyl (C=O) groups is 1. The maximum absolute atomic E-state index is 12.7. The third kappa shape index (κ3) is 3.20. The summed E-state index contributed by atoms with van der Waals surface area (Å²) in [5.41, 5.74) is 0.980. The average molecular weight is 353 g/mol. The molecule has 4 heterocycles. The third-order valence-corrected chi connectivity index (χ3v) is 5.00. The highest BCUT2D eigenvalue weighted by Gasteiger charge is 2.44. The molecule has 0 aliphatic carbocycles. The van der Waals surface area contributed by atoms with E-state index in [-0.39, 0.29) is 17.8 Å². The molecule has 0 unspecified atom stereocenters. The molecular weight excluding hydrogens is 330 g/mol. The van der Waals surface area contributed by atoms with Crippen LogP contribution < -0.4 is 5.32 Å². The highest BCUT2D eigenvalue weighted by atomic mass is 16.4. The van der Waals surface area contributed by atoms with E-state index in [9.17, 15) is 4.79 Å². The van der Waals surface area contributed by atoms with Crippen molar-refractivity contribution in [3.8, 4) is 17.4 Å². The van der Waals surface area contributed by atoms with Crippen LogP contribution in [0.1, 0.15) is 43.6 Å². The van der Waals surface area contributed by atoms with Gasteiger partial charge in [0.25, 0.3) is 5.89 Å². The first kappa shape index (κ1) is 18.1. The summed E-state index contributed by atoms with van der Waals surface area (Å²) in [5.74, 6) is 0.896. The van der Waals surface area contributed by atoms with Crippen LogP contribution in [0.4, 0.5) is 0 Å². The molecule has 2 aliphatic rings. The molecule has 1 amide bonds. The monoisotopic (exact) mass is 353 g/mol. The number of likely N-dealkylation sites (tertiary alicyclic amines) is 1. The van der Waals surface area contributed by atoms with Crippen molar-refractivity contribution in [2.45, 2.75) is 39.3 Å². The SMILES string of the molecule is CC.C[C@H]1NC[C@H]2[C@@H]1CCN2C(=O)c1ncc(-c2ccnc(C#N)c2)o1. The molecule has 2 aromatic rings. The van der Waals surface area contributed by atoms with Gasteiger partial charge >= 0.3 is 5.91 Å². The minimum Gasteiger partial charge on any atom is -0.432 e. The lowest BCUT2D eigenvalue weighted by Gasteiger charge is -2.21. The molecule has 7 nitrogen and oxygen atoms in total. The average Bonchev–Trinajstić information content (AvgIpc) is 3.41. The van der Waals surface area contributed by atoms with Gasteiger partial charge in [-0.15, -0.1) is 0 Å². The number of nitrogens with one attached hydrogen (secondary N) is 1. The van der Waals surface area contributed by atoms with Crippen molar-refractivity contribution in [1.29, 1.82) is 5.26 Å². The fraction of sp³-hybridized carbons (Fsp3) is 0.474. The molecule has 0 spiro atoms. The smallest absolute Gasteiger partial charge is 0.310 e. The van der Waals surface area contributed by atoms with Crippen LogP contribution in [0, 0.1) is 17.2 Å². The molecule has 0 saturated carbocycles.